The van der Waals surface area contributed by atoms with Gasteiger partial charge in [0.15, 0.2) is 0 Å². The number of ether oxygens (including phenoxy) is 1. The van der Waals surface area contributed by atoms with E-state index >= 15 is 0 Å². The van der Waals surface area contributed by atoms with Gasteiger partial charge in [0.05, 0.1) is 5.41 Å². The van der Waals surface area contributed by atoms with Gasteiger partial charge in [0.2, 0.25) is 5.91 Å². The van der Waals surface area contributed by atoms with Crippen molar-refractivity contribution in [2.45, 2.75) is 57.0 Å². The van der Waals surface area contributed by atoms with Crippen molar-refractivity contribution < 1.29 is 24.2 Å². The molecule has 34 heavy (non-hydrogen) atoms. The molecule has 0 spiro atoms. The Bertz CT molecular complexity index is 1090. The van der Waals surface area contributed by atoms with Crippen molar-refractivity contribution in [1.29, 1.82) is 0 Å². The molecule has 3 aliphatic carbocycles. The van der Waals surface area contributed by atoms with Gasteiger partial charge in [0.1, 0.15) is 6.61 Å². The summed E-state index contributed by atoms with van der Waals surface area (Å²) in [6, 6.07) is 15.9. The highest BCUT2D eigenvalue weighted by Gasteiger charge is 2.65. The minimum atomic E-state index is -0.752. The summed E-state index contributed by atoms with van der Waals surface area (Å²) >= 11 is 0. The fraction of sp³-hybridized carbons (Fsp3) is 0.444. The van der Waals surface area contributed by atoms with E-state index in [1.807, 2.05) is 31.2 Å². The lowest BCUT2D eigenvalue weighted by atomic mass is 9.98. The van der Waals surface area contributed by atoms with E-state index in [9.17, 15) is 19.5 Å². The van der Waals surface area contributed by atoms with Gasteiger partial charge in [0.25, 0.3) is 0 Å². The highest BCUT2D eigenvalue weighted by Crippen LogP contribution is 2.63. The maximum atomic E-state index is 12.6. The number of hydrogen-bond acceptors (Lipinski definition) is 4. The molecule has 3 unspecified atom stereocenters. The van der Waals surface area contributed by atoms with Crippen molar-refractivity contribution in [2.24, 2.45) is 11.3 Å². The molecule has 7 heteroatoms. The molecule has 2 aromatic rings. The van der Waals surface area contributed by atoms with Crippen molar-refractivity contribution in [1.82, 2.24) is 10.6 Å². The summed E-state index contributed by atoms with van der Waals surface area (Å²) < 4.78 is 5.60. The number of amides is 2. The number of aliphatic carboxylic acids is 1. The molecular formula is C27H30N2O5. The Balaban J connectivity index is 1.13. The van der Waals surface area contributed by atoms with Crippen molar-refractivity contribution in [3.05, 3.63) is 59.7 Å². The van der Waals surface area contributed by atoms with E-state index in [0.29, 0.717) is 19.3 Å². The number of rotatable bonds is 8. The van der Waals surface area contributed by atoms with Gasteiger partial charge in [-0.2, -0.15) is 0 Å². The molecule has 0 saturated heterocycles. The predicted octanol–water partition coefficient (Wildman–Crippen LogP) is 4.06. The first-order valence-electron chi connectivity index (χ1n) is 12.1. The second-order valence-electron chi connectivity index (χ2n) is 9.85. The van der Waals surface area contributed by atoms with E-state index in [-0.39, 0.29) is 42.9 Å². The summed E-state index contributed by atoms with van der Waals surface area (Å²) in [6.07, 6.45) is 2.12. The monoisotopic (exact) mass is 462 g/mol. The molecule has 2 aromatic carbocycles. The molecule has 0 heterocycles. The normalized spacial score (nSPS) is 25.0. The van der Waals surface area contributed by atoms with Crippen LogP contribution in [0.15, 0.2) is 48.5 Å². The number of fused-ring (bicyclic) bond motifs is 4. The van der Waals surface area contributed by atoms with Gasteiger partial charge in [-0.25, -0.2) is 4.79 Å². The molecule has 0 aromatic heterocycles. The van der Waals surface area contributed by atoms with E-state index in [0.717, 1.165) is 17.5 Å². The van der Waals surface area contributed by atoms with Crippen LogP contribution in [-0.2, 0) is 14.3 Å². The molecule has 2 fully saturated rings. The smallest absolute Gasteiger partial charge is 0.407 e. The molecular weight excluding hydrogens is 432 g/mol. The molecule has 2 saturated carbocycles. The zero-order chi connectivity index (χ0) is 23.9. The van der Waals surface area contributed by atoms with Gasteiger partial charge >= 0.3 is 12.1 Å². The standard InChI is InChI=1S/C27H30N2O5/c1-2-17(12-24(30)28-18-11-16-13-27(16,14-18)25(31)32)29-26(33)34-15-23-21-9-5-3-7-19(21)20-8-4-6-10-22(20)23/h3-10,16-18,23H,2,11-15H2,1H3,(H,28,30)(H,29,33)(H,31,32)/t16?,17-,18?,27?/m1/s1. The van der Waals surface area contributed by atoms with Crippen molar-refractivity contribution in [3.8, 4) is 11.1 Å². The second kappa shape index (κ2) is 8.78. The van der Waals surface area contributed by atoms with Gasteiger partial charge in [-0.3, -0.25) is 9.59 Å². The van der Waals surface area contributed by atoms with Crippen LogP contribution in [0, 0.1) is 11.3 Å². The molecule has 0 radical (unpaired) electrons. The second-order valence-corrected chi connectivity index (χ2v) is 9.85. The number of benzene rings is 2. The summed E-state index contributed by atoms with van der Waals surface area (Å²) in [7, 11) is 0. The summed E-state index contributed by atoms with van der Waals surface area (Å²) in [5.74, 6) is -0.761. The van der Waals surface area contributed by atoms with E-state index in [1.54, 1.807) is 0 Å². The molecule has 4 atom stereocenters. The third kappa shape index (κ3) is 4.04. The predicted molar refractivity (Wildman–Crippen MR) is 126 cm³/mol. The number of carbonyl (C=O) groups is 3. The number of hydrogen-bond donors (Lipinski definition) is 3. The molecule has 178 valence electrons. The first-order chi connectivity index (χ1) is 16.4. The van der Waals surface area contributed by atoms with Crippen LogP contribution in [0.4, 0.5) is 4.79 Å². The maximum absolute atomic E-state index is 12.6. The highest BCUT2D eigenvalue weighted by molar-refractivity contribution is 5.81. The molecule has 2 amide bonds. The van der Waals surface area contributed by atoms with Crippen LogP contribution < -0.4 is 10.6 Å². The fourth-order valence-corrected chi connectivity index (χ4v) is 5.88. The summed E-state index contributed by atoms with van der Waals surface area (Å²) in [6.45, 7) is 2.13. The first kappa shape index (κ1) is 22.4. The van der Waals surface area contributed by atoms with Gasteiger partial charge in [0, 0.05) is 24.4 Å². The number of carboxylic acid groups (broad SMARTS) is 1. The van der Waals surface area contributed by atoms with Crippen LogP contribution in [0.1, 0.15) is 56.1 Å². The van der Waals surface area contributed by atoms with Crippen LogP contribution in [0.2, 0.25) is 0 Å². The summed E-state index contributed by atoms with van der Waals surface area (Å²) in [5.41, 5.74) is 4.02. The van der Waals surface area contributed by atoms with Crippen LogP contribution in [-0.4, -0.2) is 41.8 Å². The Hall–Kier alpha value is -3.35. The average Bonchev–Trinajstić information content (AvgIpc) is 3.26. The SMILES string of the molecule is CC[C@H](CC(=O)NC1CC2CC2(C(=O)O)C1)NC(=O)OCC1c2ccccc2-c2ccccc21. The quantitative estimate of drug-likeness (QED) is 0.549. The van der Waals surface area contributed by atoms with Gasteiger partial charge in [-0.15, -0.1) is 0 Å². The van der Waals surface area contributed by atoms with E-state index in [2.05, 4.69) is 34.9 Å². The maximum Gasteiger partial charge on any atom is 0.407 e. The van der Waals surface area contributed by atoms with Crippen molar-refractivity contribution in [3.63, 3.8) is 0 Å². The number of alkyl carbamates (subject to hydrolysis) is 1. The lowest BCUT2D eigenvalue weighted by molar-refractivity contribution is -0.143. The molecule has 0 aliphatic heterocycles. The van der Waals surface area contributed by atoms with Crippen LogP contribution in [0.5, 0.6) is 0 Å². The Morgan fingerprint density at radius 2 is 1.71 bits per heavy atom. The van der Waals surface area contributed by atoms with E-state index in [4.69, 9.17) is 4.74 Å². The molecule has 5 rings (SSSR count). The first-order valence-corrected chi connectivity index (χ1v) is 12.1. The van der Waals surface area contributed by atoms with Crippen LogP contribution in [0.25, 0.3) is 11.1 Å². The third-order valence-corrected chi connectivity index (χ3v) is 7.79. The van der Waals surface area contributed by atoms with Crippen LogP contribution in [0.3, 0.4) is 0 Å². The summed E-state index contributed by atoms with van der Waals surface area (Å²) in [4.78, 5) is 36.6. The Morgan fingerprint density at radius 1 is 1.06 bits per heavy atom. The Labute approximate surface area is 198 Å². The Kier molecular flexibility index (Phi) is 5.80. The number of carbonyl (C=O) groups excluding carboxylic acids is 2. The van der Waals surface area contributed by atoms with Gasteiger partial charge in [-0.05, 0) is 53.9 Å². The molecule has 3 aliphatic rings. The van der Waals surface area contributed by atoms with Gasteiger partial charge in [-0.1, -0.05) is 55.5 Å². The lowest BCUT2D eigenvalue weighted by Crippen LogP contribution is -2.42. The molecule has 0 bridgehead atoms. The topological polar surface area (TPSA) is 105 Å². The van der Waals surface area contributed by atoms with Crippen molar-refractivity contribution in [2.75, 3.05) is 6.61 Å². The third-order valence-electron chi connectivity index (χ3n) is 7.79. The Morgan fingerprint density at radius 3 is 2.29 bits per heavy atom. The molecule has 7 nitrogen and oxygen atoms in total. The zero-order valence-corrected chi connectivity index (χ0v) is 19.3. The lowest BCUT2D eigenvalue weighted by Gasteiger charge is -2.20. The van der Waals surface area contributed by atoms with Crippen molar-refractivity contribution >= 4 is 18.0 Å². The minimum absolute atomic E-state index is 0.0168. The largest absolute Gasteiger partial charge is 0.481 e. The minimum Gasteiger partial charge on any atom is -0.481 e. The highest BCUT2D eigenvalue weighted by atomic mass is 16.5. The number of nitrogens with one attached hydrogen (secondary N) is 2. The number of carboxylic acids is 1. The summed E-state index contributed by atoms with van der Waals surface area (Å²) in [5, 5.41) is 15.2. The van der Waals surface area contributed by atoms with E-state index in [1.165, 1.54) is 11.1 Å². The molecule has 3 N–H and O–H groups in total. The fourth-order valence-electron chi connectivity index (χ4n) is 5.88. The zero-order valence-electron chi connectivity index (χ0n) is 19.3. The van der Waals surface area contributed by atoms with Crippen LogP contribution >= 0.6 is 0 Å². The average molecular weight is 463 g/mol. The van der Waals surface area contributed by atoms with Gasteiger partial charge < -0.3 is 20.5 Å². The van der Waals surface area contributed by atoms with E-state index < -0.39 is 17.5 Å².